The largest absolute Gasteiger partial charge is 0.481 e. The summed E-state index contributed by atoms with van der Waals surface area (Å²) in [4.78, 5) is 72.8. The average molecular weight is 842 g/mol. The van der Waals surface area contributed by atoms with Crippen molar-refractivity contribution in [1.82, 2.24) is 10.2 Å². The topological polar surface area (TPSA) is 242 Å². The maximum absolute atomic E-state index is 13.2. The molecule has 0 aliphatic carbocycles. The Labute approximate surface area is 343 Å². The Morgan fingerprint density at radius 2 is 1.08 bits per heavy atom. The van der Waals surface area contributed by atoms with Crippen LogP contribution >= 0.6 is 0 Å². The van der Waals surface area contributed by atoms with E-state index in [-0.39, 0.29) is 56.0 Å². The van der Waals surface area contributed by atoms with E-state index in [2.05, 4.69) is 10.6 Å². The summed E-state index contributed by atoms with van der Waals surface area (Å²) in [5.74, 6) is -3.43. The molecule has 3 N–H and O–H groups in total. The van der Waals surface area contributed by atoms with Crippen molar-refractivity contribution >= 4 is 41.3 Å². The zero-order valence-corrected chi connectivity index (χ0v) is 33.6. The SMILES string of the molecule is O=C(O)CCCCC(=O)OCCOCCOCCOCCOCCOCCOCCOCCOCCOCCNc1cccc2c1C(=O)N(C1CCC(=O)NC1=O)C2=O. The Morgan fingerprint density at radius 3 is 1.56 bits per heavy atom. The molecular weight excluding hydrogens is 782 g/mol. The molecule has 2 heterocycles. The first-order valence-electron chi connectivity index (χ1n) is 19.9. The number of hydrogen-bond donors (Lipinski definition) is 3. The van der Waals surface area contributed by atoms with Crippen molar-refractivity contribution in [1.29, 1.82) is 0 Å². The molecule has 0 aromatic heterocycles. The number of carbonyl (C=O) groups excluding carboxylic acids is 5. The minimum Gasteiger partial charge on any atom is -0.481 e. The summed E-state index contributed by atoms with van der Waals surface area (Å²) in [7, 11) is 0. The fourth-order valence-corrected chi connectivity index (χ4v) is 5.61. The number of carbonyl (C=O) groups is 6. The smallest absolute Gasteiger partial charge is 0.305 e. The van der Waals surface area contributed by atoms with E-state index in [1.807, 2.05) is 0 Å². The molecule has 2 aliphatic rings. The van der Waals surface area contributed by atoms with Crippen LogP contribution in [0.4, 0.5) is 5.69 Å². The maximum Gasteiger partial charge on any atom is 0.305 e. The number of nitrogens with one attached hydrogen (secondary N) is 2. The second-order valence-electron chi connectivity index (χ2n) is 12.9. The molecule has 20 heteroatoms. The van der Waals surface area contributed by atoms with Gasteiger partial charge in [-0.3, -0.25) is 39.0 Å². The summed E-state index contributed by atoms with van der Waals surface area (Å²) in [6, 6.07) is 3.87. The van der Waals surface area contributed by atoms with E-state index >= 15 is 0 Å². The fraction of sp³-hybridized carbons (Fsp3) is 0.692. The molecule has 0 spiro atoms. The molecule has 0 radical (unpaired) electrons. The lowest BCUT2D eigenvalue weighted by atomic mass is 10.0. The molecular formula is C39H59N3O17. The van der Waals surface area contributed by atoms with Crippen LogP contribution in [0.3, 0.4) is 0 Å². The second-order valence-corrected chi connectivity index (χ2v) is 12.9. The standard InChI is InChI=1S/C39H59N3O17/c43-33-9-8-32(37(47)41-33)42-38(48)30-4-3-5-31(36(30)39(42)49)40-10-11-50-12-13-51-14-15-52-16-17-53-18-19-54-20-21-55-22-23-56-24-25-57-26-27-58-28-29-59-35(46)7-2-1-6-34(44)45/h3-5,32,40H,1-2,6-29H2,(H,44,45)(H,41,43,47). The number of hydrogen-bond acceptors (Lipinski definition) is 17. The maximum atomic E-state index is 13.2. The highest BCUT2D eigenvalue weighted by molar-refractivity contribution is 6.25. The first-order chi connectivity index (χ1) is 28.8. The van der Waals surface area contributed by atoms with Crippen LogP contribution in [0.2, 0.25) is 0 Å². The van der Waals surface area contributed by atoms with Gasteiger partial charge in [-0.2, -0.15) is 0 Å². The van der Waals surface area contributed by atoms with E-state index in [1.54, 1.807) is 18.2 Å². The number of rotatable bonds is 37. The molecule has 59 heavy (non-hydrogen) atoms. The Morgan fingerprint density at radius 1 is 0.627 bits per heavy atom. The number of carboxylic acids is 1. The lowest BCUT2D eigenvalue weighted by molar-refractivity contribution is -0.146. The first kappa shape index (κ1) is 49.2. The Hall–Kier alpha value is -4.12. The summed E-state index contributed by atoms with van der Waals surface area (Å²) < 4.78 is 54.2. The van der Waals surface area contributed by atoms with Gasteiger partial charge in [0.15, 0.2) is 0 Å². The molecule has 20 nitrogen and oxygen atoms in total. The monoisotopic (exact) mass is 841 g/mol. The number of anilines is 1. The molecule has 4 amide bonds. The lowest BCUT2D eigenvalue weighted by Gasteiger charge is -2.27. The normalized spacial score (nSPS) is 15.1. The summed E-state index contributed by atoms with van der Waals surface area (Å²) in [5.41, 5.74) is 0.882. The average Bonchev–Trinajstić information content (AvgIpc) is 3.47. The predicted molar refractivity (Wildman–Crippen MR) is 206 cm³/mol. The molecule has 1 fully saturated rings. The van der Waals surface area contributed by atoms with E-state index in [1.165, 1.54) is 0 Å². The van der Waals surface area contributed by atoms with Gasteiger partial charge in [-0.05, 0) is 31.4 Å². The lowest BCUT2D eigenvalue weighted by Crippen LogP contribution is -2.54. The number of piperidine rings is 1. The molecule has 0 bridgehead atoms. The Kier molecular flexibility index (Phi) is 25.8. The number of aliphatic carboxylic acids is 1. The van der Waals surface area contributed by atoms with Crippen molar-refractivity contribution in [3.8, 4) is 0 Å². The molecule has 2 aliphatic heterocycles. The number of benzene rings is 1. The number of ether oxygens (including phenoxy) is 10. The van der Waals surface area contributed by atoms with Crippen LogP contribution in [-0.2, 0) is 66.5 Å². The summed E-state index contributed by atoms with van der Waals surface area (Å²) in [5, 5.41) is 13.9. The van der Waals surface area contributed by atoms with E-state index in [0.29, 0.717) is 137 Å². The van der Waals surface area contributed by atoms with Crippen LogP contribution in [0.25, 0.3) is 0 Å². The molecule has 1 aromatic carbocycles. The number of nitrogens with zero attached hydrogens (tertiary/aromatic N) is 1. The molecule has 1 saturated heterocycles. The molecule has 332 valence electrons. The Balaban J connectivity index is 0.994. The highest BCUT2D eigenvalue weighted by Crippen LogP contribution is 2.32. The minimum absolute atomic E-state index is 0.0481. The van der Waals surface area contributed by atoms with E-state index < -0.39 is 35.6 Å². The molecule has 1 unspecified atom stereocenters. The fourth-order valence-electron chi connectivity index (χ4n) is 5.61. The van der Waals surface area contributed by atoms with Gasteiger partial charge in [-0.1, -0.05) is 6.07 Å². The van der Waals surface area contributed by atoms with Gasteiger partial charge in [0, 0.05) is 31.5 Å². The van der Waals surface area contributed by atoms with Gasteiger partial charge in [-0.15, -0.1) is 0 Å². The zero-order chi connectivity index (χ0) is 42.3. The number of imide groups is 2. The summed E-state index contributed by atoms with van der Waals surface area (Å²) in [6.45, 7) is 7.77. The van der Waals surface area contributed by atoms with Crippen molar-refractivity contribution < 1.29 is 81.2 Å². The van der Waals surface area contributed by atoms with Crippen molar-refractivity contribution in [2.75, 3.05) is 137 Å². The van der Waals surface area contributed by atoms with Gasteiger partial charge in [-0.25, -0.2) is 0 Å². The van der Waals surface area contributed by atoms with Crippen molar-refractivity contribution in [2.24, 2.45) is 0 Å². The molecule has 1 atom stereocenters. The van der Waals surface area contributed by atoms with Crippen LogP contribution in [0.1, 0.15) is 59.2 Å². The van der Waals surface area contributed by atoms with Gasteiger partial charge in [0.1, 0.15) is 12.6 Å². The highest BCUT2D eigenvalue weighted by Gasteiger charge is 2.45. The van der Waals surface area contributed by atoms with Crippen molar-refractivity contribution in [3.05, 3.63) is 29.3 Å². The van der Waals surface area contributed by atoms with Crippen LogP contribution in [0.5, 0.6) is 0 Å². The predicted octanol–water partition coefficient (Wildman–Crippen LogP) is 0.837. The number of carboxylic acid groups (broad SMARTS) is 1. The van der Waals surface area contributed by atoms with E-state index in [4.69, 9.17) is 52.5 Å². The van der Waals surface area contributed by atoms with Gasteiger partial charge in [0.2, 0.25) is 11.8 Å². The third kappa shape index (κ3) is 20.6. The number of amides is 4. The summed E-state index contributed by atoms with van der Waals surface area (Å²) >= 11 is 0. The minimum atomic E-state index is -1.02. The van der Waals surface area contributed by atoms with Crippen LogP contribution in [-0.4, -0.2) is 184 Å². The highest BCUT2D eigenvalue weighted by atomic mass is 16.6. The Bertz CT molecular complexity index is 1430. The van der Waals surface area contributed by atoms with E-state index in [9.17, 15) is 28.8 Å². The summed E-state index contributed by atoms with van der Waals surface area (Å²) in [6.07, 6.45) is 1.34. The van der Waals surface area contributed by atoms with E-state index in [0.717, 1.165) is 4.90 Å². The van der Waals surface area contributed by atoms with Crippen LogP contribution in [0, 0.1) is 0 Å². The first-order valence-corrected chi connectivity index (χ1v) is 19.9. The van der Waals surface area contributed by atoms with Crippen molar-refractivity contribution in [3.63, 3.8) is 0 Å². The number of esters is 1. The molecule has 1 aromatic rings. The number of fused-ring (bicyclic) bond motifs is 1. The van der Waals surface area contributed by atoms with Crippen molar-refractivity contribution in [2.45, 2.75) is 44.6 Å². The zero-order valence-electron chi connectivity index (χ0n) is 33.6. The van der Waals surface area contributed by atoms with Crippen LogP contribution in [0.15, 0.2) is 18.2 Å². The van der Waals surface area contributed by atoms with Gasteiger partial charge in [0.05, 0.1) is 130 Å². The third-order valence-electron chi connectivity index (χ3n) is 8.52. The quantitative estimate of drug-likeness (QED) is 0.0478. The van der Waals surface area contributed by atoms with Gasteiger partial charge >= 0.3 is 11.9 Å². The third-order valence-corrected chi connectivity index (χ3v) is 8.52. The molecule has 0 saturated carbocycles. The van der Waals surface area contributed by atoms with Gasteiger partial charge in [0.25, 0.3) is 11.8 Å². The molecule has 3 rings (SSSR count). The second kappa shape index (κ2) is 30.9. The van der Waals surface area contributed by atoms with Gasteiger partial charge < -0.3 is 57.8 Å². The number of unbranched alkanes of at least 4 members (excludes halogenated alkanes) is 1. The van der Waals surface area contributed by atoms with Crippen LogP contribution < -0.4 is 10.6 Å².